The fourth-order valence-electron chi connectivity index (χ4n) is 0.487. The van der Waals surface area contributed by atoms with Gasteiger partial charge >= 0.3 is 0 Å². The van der Waals surface area contributed by atoms with Gasteiger partial charge in [0, 0.05) is 0 Å². The van der Waals surface area contributed by atoms with Gasteiger partial charge in [-0.15, -0.1) is 0 Å². The third-order valence-corrected chi connectivity index (χ3v) is 2.68. The van der Waals surface area contributed by atoms with E-state index in [1.54, 1.807) is 6.92 Å². The summed E-state index contributed by atoms with van der Waals surface area (Å²) >= 11 is 0. The van der Waals surface area contributed by atoms with Crippen molar-refractivity contribution in [3.8, 4) is 0 Å². The Hall–Kier alpha value is -0.620. The number of nitrogens with two attached hydrogens (primary N) is 1. The average Bonchev–Trinajstić information content (AvgIpc) is 2.02. The van der Waals surface area contributed by atoms with E-state index in [1.807, 2.05) is 4.72 Å². The van der Waals surface area contributed by atoms with Crippen LogP contribution in [0, 0.1) is 0 Å². The summed E-state index contributed by atoms with van der Waals surface area (Å²) in [6.45, 7) is 3.16. The highest BCUT2D eigenvalue weighted by Crippen LogP contribution is 1.89. The molecule has 0 aliphatic heterocycles. The number of carbonyl (C=O) groups is 1. The molecule has 0 unspecified atom stereocenters. The van der Waals surface area contributed by atoms with Gasteiger partial charge in [0.15, 0.2) is 0 Å². The molecule has 0 radical (unpaired) electrons. The Morgan fingerprint density at radius 1 is 1.50 bits per heavy atom. The van der Waals surface area contributed by atoms with Crippen molar-refractivity contribution in [3.63, 3.8) is 0 Å². The van der Waals surface area contributed by atoms with Gasteiger partial charge in [-0.05, 0) is 13.3 Å². The Morgan fingerprint density at radius 3 is 2.33 bits per heavy atom. The van der Waals surface area contributed by atoms with E-state index < -0.39 is 22.0 Å². The Bertz CT molecular complexity index is 248. The topological polar surface area (TPSA) is 89.3 Å². The number of sulfonamides is 1. The van der Waals surface area contributed by atoms with Crippen LogP contribution in [0.1, 0.15) is 20.3 Å². The van der Waals surface area contributed by atoms with Crippen LogP contribution in [0.3, 0.4) is 0 Å². The van der Waals surface area contributed by atoms with Gasteiger partial charge in [0.1, 0.15) is 0 Å². The third-order valence-electron chi connectivity index (χ3n) is 1.41. The zero-order chi connectivity index (χ0) is 9.78. The molecule has 0 fully saturated rings. The molecule has 6 heteroatoms. The molecule has 0 aromatic carbocycles. The number of carbonyl (C=O) groups excluding carboxylic acids is 1. The van der Waals surface area contributed by atoms with Crippen LogP contribution in [0.5, 0.6) is 0 Å². The number of hydrogen-bond acceptors (Lipinski definition) is 4. The molecule has 0 heterocycles. The van der Waals surface area contributed by atoms with Gasteiger partial charge in [0.25, 0.3) is 0 Å². The minimum atomic E-state index is -3.45. The lowest BCUT2D eigenvalue weighted by atomic mass is 10.2. The van der Waals surface area contributed by atoms with Crippen LogP contribution >= 0.6 is 0 Å². The highest BCUT2D eigenvalue weighted by Gasteiger charge is 2.16. The van der Waals surface area contributed by atoms with Crippen molar-refractivity contribution in [2.45, 2.75) is 26.3 Å². The summed E-state index contributed by atoms with van der Waals surface area (Å²) in [5.74, 6) is -0.755. The largest absolute Gasteiger partial charge is 0.320 e. The molecule has 0 bridgehead atoms. The molecule has 3 N–H and O–H groups in total. The van der Waals surface area contributed by atoms with Crippen LogP contribution < -0.4 is 10.5 Å². The van der Waals surface area contributed by atoms with Gasteiger partial charge in [0.2, 0.25) is 15.9 Å². The molecule has 0 aliphatic rings. The van der Waals surface area contributed by atoms with Crippen molar-refractivity contribution in [1.82, 2.24) is 4.72 Å². The summed E-state index contributed by atoms with van der Waals surface area (Å²) in [5, 5.41) is 0. The van der Waals surface area contributed by atoms with Crippen molar-refractivity contribution < 1.29 is 13.2 Å². The second-order valence-corrected chi connectivity index (χ2v) is 4.40. The minimum Gasteiger partial charge on any atom is -0.320 e. The fraction of sp³-hybridized carbons (Fsp3) is 0.833. The molecule has 12 heavy (non-hydrogen) atoms. The first kappa shape index (κ1) is 11.4. The maximum Gasteiger partial charge on any atom is 0.250 e. The van der Waals surface area contributed by atoms with Gasteiger partial charge in [-0.25, -0.2) is 8.42 Å². The van der Waals surface area contributed by atoms with Crippen molar-refractivity contribution in [2.75, 3.05) is 5.75 Å². The normalized spacial score (nSPS) is 13.9. The van der Waals surface area contributed by atoms with Crippen LogP contribution in [0.4, 0.5) is 0 Å². The van der Waals surface area contributed by atoms with Crippen molar-refractivity contribution in [2.24, 2.45) is 5.73 Å². The Balaban J connectivity index is 4.20. The predicted molar refractivity (Wildman–Crippen MR) is 45.9 cm³/mol. The summed E-state index contributed by atoms with van der Waals surface area (Å²) in [4.78, 5) is 10.9. The molecule has 0 aromatic rings. The molecule has 0 rings (SSSR count). The molecule has 72 valence electrons. The number of amides is 1. The summed E-state index contributed by atoms with van der Waals surface area (Å²) in [6, 6.07) is -0.744. The van der Waals surface area contributed by atoms with E-state index in [2.05, 4.69) is 0 Å². The smallest absolute Gasteiger partial charge is 0.250 e. The first-order valence-corrected chi connectivity index (χ1v) is 5.38. The van der Waals surface area contributed by atoms with Gasteiger partial charge in [0.05, 0.1) is 11.8 Å². The van der Waals surface area contributed by atoms with E-state index in [-0.39, 0.29) is 5.75 Å². The molecule has 0 saturated carbocycles. The molecular formula is C6H14N2O3S. The lowest BCUT2D eigenvalue weighted by Crippen LogP contribution is -2.43. The van der Waals surface area contributed by atoms with Gasteiger partial charge < -0.3 is 5.73 Å². The van der Waals surface area contributed by atoms with Crippen molar-refractivity contribution in [3.05, 3.63) is 0 Å². The zero-order valence-electron chi connectivity index (χ0n) is 7.20. The second kappa shape index (κ2) is 4.42. The molecular weight excluding hydrogens is 180 g/mol. The van der Waals surface area contributed by atoms with E-state index in [4.69, 9.17) is 5.73 Å². The van der Waals surface area contributed by atoms with E-state index in [0.717, 1.165) is 0 Å². The first-order valence-electron chi connectivity index (χ1n) is 3.72. The maximum absolute atomic E-state index is 10.9. The van der Waals surface area contributed by atoms with Crippen LogP contribution in [0.15, 0.2) is 0 Å². The van der Waals surface area contributed by atoms with Crippen LogP contribution in [0.2, 0.25) is 0 Å². The van der Waals surface area contributed by atoms with Gasteiger partial charge in [-0.3, -0.25) is 9.52 Å². The second-order valence-electron chi connectivity index (χ2n) is 2.38. The first-order chi connectivity index (χ1) is 5.43. The van der Waals surface area contributed by atoms with Crippen LogP contribution in [0.25, 0.3) is 0 Å². The molecule has 0 spiro atoms. The summed E-state index contributed by atoms with van der Waals surface area (Å²) in [7, 11) is -3.45. The minimum absolute atomic E-state index is 0.116. The predicted octanol–water partition coefficient (Wildman–Crippen LogP) is -0.810. The number of nitrogens with one attached hydrogen (secondary N) is 1. The average molecular weight is 194 g/mol. The number of rotatable bonds is 4. The lowest BCUT2D eigenvalue weighted by Gasteiger charge is -2.08. The summed E-state index contributed by atoms with van der Waals surface area (Å²) in [6.07, 6.45) is 0.422. The van der Waals surface area contributed by atoms with E-state index in [9.17, 15) is 13.2 Å². The molecule has 0 aromatic heterocycles. The SMILES string of the molecule is CC[C@H](N)C(=O)NS(=O)(=O)CC. The van der Waals surface area contributed by atoms with Crippen molar-refractivity contribution in [1.29, 1.82) is 0 Å². The molecule has 0 saturated heterocycles. The van der Waals surface area contributed by atoms with Crippen LogP contribution in [-0.4, -0.2) is 26.1 Å². The zero-order valence-corrected chi connectivity index (χ0v) is 8.02. The van der Waals surface area contributed by atoms with Crippen LogP contribution in [-0.2, 0) is 14.8 Å². The molecule has 5 nitrogen and oxygen atoms in total. The Kier molecular flexibility index (Phi) is 4.19. The van der Waals surface area contributed by atoms with E-state index >= 15 is 0 Å². The Morgan fingerprint density at radius 2 is 2.00 bits per heavy atom. The monoisotopic (exact) mass is 194 g/mol. The van der Waals surface area contributed by atoms with Gasteiger partial charge in [-0.2, -0.15) is 0 Å². The standard InChI is InChI=1S/C6H14N2O3S/c1-3-5(7)6(9)8-12(10,11)4-2/h5H,3-4,7H2,1-2H3,(H,8,9)/t5-/m0/s1. The van der Waals surface area contributed by atoms with E-state index in [1.165, 1.54) is 6.92 Å². The fourth-order valence-corrected chi connectivity index (χ4v) is 1.09. The van der Waals surface area contributed by atoms with Gasteiger partial charge in [-0.1, -0.05) is 6.92 Å². The summed E-state index contributed by atoms with van der Waals surface area (Å²) in [5.41, 5.74) is 5.30. The highest BCUT2D eigenvalue weighted by atomic mass is 32.2. The Labute approximate surface area is 72.4 Å². The third kappa shape index (κ3) is 3.68. The van der Waals surface area contributed by atoms with Crippen molar-refractivity contribution >= 4 is 15.9 Å². The quantitative estimate of drug-likeness (QED) is 0.612. The molecule has 0 aliphatic carbocycles. The lowest BCUT2D eigenvalue weighted by molar-refractivity contribution is -0.120. The maximum atomic E-state index is 10.9. The molecule has 1 atom stereocenters. The number of hydrogen-bond donors (Lipinski definition) is 2. The highest BCUT2D eigenvalue weighted by molar-refractivity contribution is 7.90. The van der Waals surface area contributed by atoms with E-state index in [0.29, 0.717) is 6.42 Å². The molecule has 1 amide bonds. The summed E-state index contributed by atoms with van der Waals surface area (Å²) < 4.78 is 23.6.